The molecule has 3 aliphatic rings. The van der Waals surface area contributed by atoms with Gasteiger partial charge in [-0.25, -0.2) is 9.59 Å². The van der Waals surface area contributed by atoms with Crippen molar-refractivity contribution >= 4 is 41.4 Å². The van der Waals surface area contributed by atoms with Crippen molar-refractivity contribution in [2.24, 2.45) is 11.8 Å². The molecule has 1 aliphatic carbocycles. The first-order chi connectivity index (χ1) is 20.6. The number of amides is 4. The Morgan fingerprint density at radius 2 is 1.79 bits per heavy atom. The molecule has 2 saturated heterocycles. The van der Waals surface area contributed by atoms with Crippen LogP contribution in [0.2, 0.25) is 5.02 Å². The number of ether oxygens (including phenoxy) is 2. The van der Waals surface area contributed by atoms with Gasteiger partial charge in [-0.1, -0.05) is 55.8 Å². The molecular weight excluding hydrogens is 576 g/mol. The number of rotatable bonds is 10. The van der Waals surface area contributed by atoms with Crippen molar-refractivity contribution in [2.45, 2.75) is 95.4 Å². The molecule has 0 radical (unpaired) electrons. The quantitative estimate of drug-likeness (QED) is 0.341. The third kappa shape index (κ3) is 9.08. The van der Waals surface area contributed by atoms with Gasteiger partial charge in [0.05, 0.1) is 7.11 Å². The van der Waals surface area contributed by atoms with E-state index in [1.807, 2.05) is 0 Å². The van der Waals surface area contributed by atoms with Gasteiger partial charge in [0, 0.05) is 36.5 Å². The van der Waals surface area contributed by atoms with Crippen LogP contribution < -0.4 is 16.0 Å². The summed E-state index contributed by atoms with van der Waals surface area (Å²) >= 11 is 6.02. The van der Waals surface area contributed by atoms with Gasteiger partial charge in [0.25, 0.3) is 0 Å². The fraction of sp³-hybridized carbons (Fsp3) is 0.645. The van der Waals surface area contributed by atoms with Crippen LogP contribution in [0.3, 0.4) is 0 Å². The van der Waals surface area contributed by atoms with E-state index in [2.05, 4.69) is 16.0 Å². The van der Waals surface area contributed by atoms with Gasteiger partial charge in [-0.05, 0) is 55.7 Å². The predicted octanol–water partition coefficient (Wildman–Crippen LogP) is 3.47. The Hall–Kier alpha value is -3.34. The zero-order valence-corrected chi connectivity index (χ0v) is 25.8. The van der Waals surface area contributed by atoms with Gasteiger partial charge in [-0.2, -0.15) is 0 Å². The third-order valence-corrected chi connectivity index (χ3v) is 9.28. The van der Waals surface area contributed by atoms with Gasteiger partial charge >= 0.3 is 12.1 Å². The summed E-state index contributed by atoms with van der Waals surface area (Å²) in [5.41, 5.74) is 0.275. The number of carbonyl (C=O) groups excluding carboxylic acids is 5. The van der Waals surface area contributed by atoms with E-state index in [0.717, 1.165) is 32.1 Å². The summed E-state index contributed by atoms with van der Waals surface area (Å²) < 4.78 is 10.4. The Labute approximate surface area is 257 Å². The summed E-state index contributed by atoms with van der Waals surface area (Å²) in [7, 11) is 1.24. The van der Waals surface area contributed by atoms with E-state index in [-0.39, 0.29) is 30.8 Å². The highest BCUT2D eigenvalue weighted by Gasteiger charge is 2.47. The van der Waals surface area contributed by atoms with Crippen LogP contribution in [0.1, 0.15) is 76.7 Å². The minimum absolute atomic E-state index is 0.00826. The average Bonchev–Trinajstić information content (AvgIpc) is 3.29. The van der Waals surface area contributed by atoms with Crippen molar-refractivity contribution in [3.8, 4) is 0 Å². The van der Waals surface area contributed by atoms with E-state index in [1.54, 1.807) is 29.2 Å². The lowest BCUT2D eigenvalue weighted by Gasteiger charge is -2.39. The van der Waals surface area contributed by atoms with Gasteiger partial charge in [0.2, 0.25) is 17.7 Å². The maximum Gasteiger partial charge on any atom is 0.408 e. The van der Waals surface area contributed by atoms with E-state index >= 15 is 0 Å². The Morgan fingerprint density at radius 1 is 1.07 bits per heavy atom. The molecule has 3 N–H and O–H groups in total. The predicted molar refractivity (Wildman–Crippen MR) is 159 cm³/mol. The second-order valence-corrected chi connectivity index (χ2v) is 12.6. The first-order valence-corrected chi connectivity index (χ1v) is 15.6. The number of nitrogens with zero attached hydrogens (tertiary/aromatic N) is 1. The maximum atomic E-state index is 13.6. The second kappa shape index (κ2) is 14.9. The molecule has 3 fully saturated rings. The highest BCUT2D eigenvalue weighted by molar-refractivity contribution is 6.30. The number of benzene rings is 1. The highest BCUT2D eigenvalue weighted by Crippen LogP contribution is 2.36. The fourth-order valence-electron chi connectivity index (χ4n) is 6.61. The molecule has 3 atom stereocenters. The lowest BCUT2D eigenvalue weighted by Crippen LogP contribution is -2.53. The summed E-state index contributed by atoms with van der Waals surface area (Å²) in [6, 6.07) is 4.95. The van der Waals surface area contributed by atoms with Crippen LogP contribution in [0.15, 0.2) is 24.3 Å². The lowest BCUT2D eigenvalue weighted by molar-refractivity contribution is -0.146. The zero-order chi connectivity index (χ0) is 31.0. The van der Waals surface area contributed by atoms with Crippen LogP contribution in [-0.4, -0.2) is 72.5 Å². The van der Waals surface area contributed by atoms with E-state index < -0.39 is 41.5 Å². The molecule has 1 aromatic rings. The molecule has 4 amide bonds. The van der Waals surface area contributed by atoms with Crippen molar-refractivity contribution in [1.29, 1.82) is 0 Å². The minimum Gasteiger partial charge on any atom is -0.467 e. The molecule has 1 spiro atoms. The molecule has 43 heavy (non-hydrogen) atoms. The van der Waals surface area contributed by atoms with Gasteiger partial charge in [0.1, 0.15) is 18.7 Å². The van der Waals surface area contributed by atoms with Crippen molar-refractivity contribution in [2.75, 3.05) is 20.2 Å². The molecule has 1 saturated carbocycles. The zero-order valence-electron chi connectivity index (χ0n) is 25.0. The SMILES string of the molecule is COC(=O)C(CC1CC2(CCN(C(C)=O)CC2)NC1=O)NC(=O)C(CC1CCCCC1)NC(=O)OCc1cccc(Cl)c1. The molecule has 2 aliphatic heterocycles. The van der Waals surface area contributed by atoms with Crippen LogP contribution in [0.25, 0.3) is 0 Å². The molecule has 0 aromatic heterocycles. The molecule has 236 valence electrons. The first-order valence-electron chi connectivity index (χ1n) is 15.2. The Balaban J connectivity index is 1.40. The highest BCUT2D eigenvalue weighted by atomic mass is 35.5. The summed E-state index contributed by atoms with van der Waals surface area (Å²) in [6.45, 7) is 2.63. The largest absolute Gasteiger partial charge is 0.467 e. The van der Waals surface area contributed by atoms with Crippen molar-refractivity contribution in [3.05, 3.63) is 34.9 Å². The molecule has 0 bridgehead atoms. The molecule has 3 unspecified atom stereocenters. The summed E-state index contributed by atoms with van der Waals surface area (Å²) in [5, 5.41) is 9.10. The lowest BCUT2D eigenvalue weighted by atomic mass is 9.82. The summed E-state index contributed by atoms with van der Waals surface area (Å²) in [6.07, 6.45) is 6.67. The number of alkyl carbamates (subject to hydrolysis) is 1. The molecule has 2 heterocycles. The smallest absolute Gasteiger partial charge is 0.408 e. The summed E-state index contributed by atoms with van der Waals surface area (Å²) in [4.78, 5) is 65.7. The molecule has 12 heteroatoms. The van der Waals surface area contributed by atoms with Crippen molar-refractivity contribution < 1.29 is 33.4 Å². The molecule has 4 rings (SSSR count). The summed E-state index contributed by atoms with van der Waals surface area (Å²) in [5.74, 6) is -1.62. The minimum atomic E-state index is -1.07. The van der Waals surface area contributed by atoms with Gasteiger partial charge < -0.3 is 30.3 Å². The van der Waals surface area contributed by atoms with Crippen LogP contribution in [0, 0.1) is 11.8 Å². The number of hydrogen-bond acceptors (Lipinski definition) is 7. The van der Waals surface area contributed by atoms with Crippen LogP contribution in [0.4, 0.5) is 4.79 Å². The Kier molecular flexibility index (Phi) is 11.3. The standard InChI is InChI=1S/C31H43ClN4O7/c1-20(37)36-13-11-31(12-14-36)18-23(27(38)35-31)17-26(29(40)42-2)33-28(39)25(16-21-7-4-3-5-8-21)34-30(41)43-19-22-9-6-10-24(32)15-22/h6,9-10,15,21,23,25-26H,3-5,7-8,11-14,16-19H2,1-2H3,(H,33,39)(H,34,41)(H,35,38). The normalized spacial score (nSPS) is 21.4. The number of piperidine rings is 1. The number of halogens is 1. The number of likely N-dealkylation sites (tertiary alicyclic amines) is 1. The maximum absolute atomic E-state index is 13.6. The van der Waals surface area contributed by atoms with Gasteiger partial charge in [-0.3, -0.25) is 14.4 Å². The number of nitrogens with one attached hydrogen (secondary N) is 3. The Bertz CT molecular complexity index is 1180. The molecule has 11 nitrogen and oxygen atoms in total. The van der Waals surface area contributed by atoms with E-state index in [0.29, 0.717) is 49.4 Å². The molecule has 1 aromatic carbocycles. The second-order valence-electron chi connectivity index (χ2n) is 12.1. The van der Waals surface area contributed by atoms with E-state index in [4.69, 9.17) is 21.1 Å². The fourth-order valence-corrected chi connectivity index (χ4v) is 6.82. The van der Waals surface area contributed by atoms with E-state index in [1.165, 1.54) is 14.0 Å². The monoisotopic (exact) mass is 618 g/mol. The first kappa shape index (κ1) is 32.6. The number of methoxy groups -OCH3 is 1. The Morgan fingerprint density at radius 3 is 2.44 bits per heavy atom. The van der Waals surface area contributed by atoms with Crippen LogP contribution in [0.5, 0.6) is 0 Å². The van der Waals surface area contributed by atoms with Crippen LogP contribution in [-0.2, 0) is 35.3 Å². The van der Waals surface area contributed by atoms with Crippen molar-refractivity contribution in [3.63, 3.8) is 0 Å². The average molecular weight is 619 g/mol. The molecular formula is C31H43ClN4O7. The third-order valence-electron chi connectivity index (χ3n) is 9.05. The topological polar surface area (TPSA) is 143 Å². The number of carbonyl (C=O) groups is 5. The van der Waals surface area contributed by atoms with Gasteiger partial charge in [-0.15, -0.1) is 0 Å². The van der Waals surface area contributed by atoms with Crippen LogP contribution >= 0.6 is 11.6 Å². The number of esters is 1. The number of hydrogen-bond donors (Lipinski definition) is 3. The van der Waals surface area contributed by atoms with E-state index in [9.17, 15) is 24.0 Å². The van der Waals surface area contributed by atoms with Gasteiger partial charge in [0.15, 0.2) is 0 Å². The van der Waals surface area contributed by atoms with Crippen molar-refractivity contribution in [1.82, 2.24) is 20.9 Å².